The van der Waals surface area contributed by atoms with E-state index >= 15 is 0 Å². The van der Waals surface area contributed by atoms with Crippen molar-refractivity contribution in [1.82, 2.24) is 15.5 Å². The van der Waals surface area contributed by atoms with Crippen LogP contribution in [0, 0.1) is 0 Å². The summed E-state index contributed by atoms with van der Waals surface area (Å²) in [6.45, 7) is 1.38. The second-order valence-electron chi connectivity index (χ2n) is 5.07. The van der Waals surface area contributed by atoms with Gasteiger partial charge in [0.05, 0.1) is 9.88 Å². The first-order valence-corrected chi connectivity index (χ1v) is 7.69. The smallest absolute Gasteiger partial charge is 0.314 e. The fourth-order valence-corrected chi connectivity index (χ4v) is 4.00. The first kappa shape index (κ1) is 14.6. The number of nitrogens with zero attached hydrogens (tertiary/aromatic N) is 1. The standard InChI is InChI=1S/C13H20ClN3OS/c1-17(2)13(10-4-5-11(14)19-10)6-3-8-15-12(18)16-9-7-13/h4-5H,3,6-9H2,1-2H3,(H2,15,16,18)/t13-/m0/s1. The highest BCUT2D eigenvalue weighted by atomic mass is 35.5. The van der Waals surface area contributed by atoms with Crippen molar-refractivity contribution in [3.8, 4) is 0 Å². The summed E-state index contributed by atoms with van der Waals surface area (Å²) in [5.74, 6) is 0. The lowest BCUT2D eigenvalue weighted by Gasteiger charge is -2.39. The van der Waals surface area contributed by atoms with Gasteiger partial charge in [0.25, 0.3) is 0 Å². The minimum atomic E-state index is -0.0706. The second-order valence-corrected chi connectivity index (χ2v) is 6.78. The number of halogens is 1. The molecule has 1 aromatic rings. The van der Waals surface area contributed by atoms with Gasteiger partial charge in [-0.3, -0.25) is 4.90 Å². The van der Waals surface area contributed by atoms with Crippen molar-refractivity contribution in [1.29, 1.82) is 0 Å². The molecule has 1 atom stereocenters. The monoisotopic (exact) mass is 301 g/mol. The number of thiophene rings is 1. The van der Waals surface area contributed by atoms with Gasteiger partial charge in [0, 0.05) is 18.0 Å². The molecule has 1 saturated heterocycles. The first-order valence-electron chi connectivity index (χ1n) is 6.49. The molecule has 6 heteroatoms. The fraction of sp³-hybridized carbons (Fsp3) is 0.615. The molecule has 2 rings (SSSR count). The molecule has 1 aromatic heterocycles. The van der Waals surface area contributed by atoms with Crippen LogP contribution in [-0.4, -0.2) is 38.1 Å². The quantitative estimate of drug-likeness (QED) is 0.882. The maximum absolute atomic E-state index is 11.5. The summed E-state index contributed by atoms with van der Waals surface area (Å²) < 4.78 is 0.818. The highest BCUT2D eigenvalue weighted by Crippen LogP contribution is 2.40. The van der Waals surface area contributed by atoms with E-state index in [1.165, 1.54) is 4.88 Å². The van der Waals surface area contributed by atoms with Gasteiger partial charge in [-0.15, -0.1) is 11.3 Å². The van der Waals surface area contributed by atoms with Crippen LogP contribution in [0.15, 0.2) is 12.1 Å². The van der Waals surface area contributed by atoms with E-state index in [1.807, 2.05) is 6.07 Å². The zero-order chi connectivity index (χ0) is 13.9. The van der Waals surface area contributed by atoms with Gasteiger partial charge in [-0.05, 0) is 45.5 Å². The van der Waals surface area contributed by atoms with E-state index in [0.29, 0.717) is 13.1 Å². The summed E-state index contributed by atoms with van der Waals surface area (Å²) in [7, 11) is 4.20. The summed E-state index contributed by atoms with van der Waals surface area (Å²) in [5.41, 5.74) is -0.0445. The molecule has 1 aliphatic rings. The molecule has 106 valence electrons. The predicted octanol–water partition coefficient (Wildman–Crippen LogP) is 2.64. The molecule has 0 unspecified atom stereocenters. The third-order valence-corrected chi connectivity index (χ3v) is 5.19. The van der Waals surface area contributed by atoms with Gasteiger partial charge >= 0.3 is 6.03 Å². The number of carbonyl (C=O) groups is 1. The molecule has 1 aliphatic heterocycles. The average molecular weight is 302 g/mol. The molecular formula is C13H20ClN3OS. The molecule has 2 N–H and O–H groups in total. The molecule has 0 bridgehead atoms. The van der Waals surface area contributed by atoms with Crippen LogP contribution in [-0.2, 0) is 5.54 Å². The van der Waals surface area contributed by atoms with Gasteiger partial charge in [-0.1, -0.05) is 11.6 Å². The van der Waals surface area contributed by atoms with Crippen LogP contribution >= 0.6 is 22.9 Å². The van der Waals surface area contributed by atoms with Crippen LogP contribution < -0.4 is 10.6 Å². The highest BCUT2D eigenvalue weighted by Gasteiger charge is 2.35. The van der Waals surface area contributed by atoms with E-state index < -0.39 is 0 Å². The Morgan fingerprint density at radius 1 is 1.26 bits per heavy atom. The average Bonchev–Trinajstić information content (AvgIpc) is 2.81. The molecule has 2 amide bonds. The van der Waals surface area contributed by atoms with Crippen LogP contribution in [0.2, 0.25) is 4.34 Å². The van der Waals surface area contributed by atoms with Crippen molar-refractivity contribution in [2.24, 2.45) is 0 Å². The van der Waals surface area contributed by atoms with Crippen molar-refractivity contribution in [3.05, 3.63) is 21.3 Å². The maximum atomic E-state index is 11.5. The molecule has 0 spiro atoms. The van der Waals surface area contributed by atoms with Gasteiger partial charge in [-0.25, -0.2) is 4.79 Å². The lowest BCUT2D eigenvalue weighted by atomic mass is 9.86. The normalized spacial score (nSPS) is 25.2. The van der Waals surface area contributed by atoms with Crippen LogP contribution in [0.4, 0.5) is 4.79 Å². The third kappa shape index (κ3) is 3.22. The zero-order valence-corrected chi connectivity index (χ0v) is 12.9. The molecule has 2 heterocycles. The molecule has 0 radical (unpaired) electrons. The van der Waals surface area contributed by atoms with E-state index in [-0.39, 0.29) is 11.6 Å². The van der Waals surface area contributed by atoms with Crippen molar-refractivity contribution in [2.45, 2.75) is 24.8 Å². The lowest BCUT2D eigenvalue weighted by Crippen LogP contribution is -2.43. The van der Waals surface area contributed by atoms with Crippen molar-refractivity contribution >= 4 is 29.0 Å². The number of carbonyl (C=O) groups excluding carboxylic acids is 1. The summed E-state index contributed by atoms with van der Waals surface area (Å²) in [4.78, 5) is 15.0. The third-order valence-electron chi connectivity index (χ3n) is 3.76. The summed E-state index contributed by atoms with van der Waals surface area (Å²) in [6, 6.07) is 4.00. The first-order chi connectivity index (χ1) is 9.04. The Bertz CT molecular complexity index is 449. The van der Waals surface area contributed by atoms with Gasteiger partial charge in [0.15, 0.2) is 0 Å². The molecule has 0 aromatic carbocycles. The van der Waals surface area contributed by atoms with Gasteiger partial charge in [0.2, 0.25) is 0 Å². The number of rotatable bonds is 2. The summed E-state index contributed by atoms with van der Waals surface area (Å²) in [5, 5.41) is 5.77. The lowest BCUT2D eigenvalue weighted by molar-refractivity contribution is 0.129. The van der Waals surface area contributed by atoms with Crippen LogP contribution in [0.25, 0.3) is 0 Å². The Kier molecular flexibility index (Phi) is 4.71. The minimum Gasteiger partial charge on any atom is -0.338 e. The molecule has 0 aliphatic carbocycles. The Morgan fingerprint density at radius 3 is 2.63 bits per heavy atom. The van der Waals surface area contributed by atoms with E-state index in [2.05, 4.69) is 35.7 Å². The number of urea groups is 1. The number of hydrogen-bond donors (Lipinski definition) is 2. The maximum Gasteiger partial charge on any atom is 0.314 e. The molecule has 19 heavy (non-hydrogen) atoms. The van der Waals surface area contributed by atoms with Gasteiger partial charge in [0.1, 0.15) is 0 Å². The zero-order valence-electron chi connectivity index (χ0n) is 11.3. The molecule has 0 saturated carbocycles. The van der Waals surface area contributed by atoms with Crippen molar-refractivity contribution < 1.29 is 4.79 Å². The molecular weight excluding hydrogens is 282 g/mol. The van der Waals surface area contributed by atoms with Crippen molar-refractivity contribution in [2.75, 3.05) is 27.2 Å². The summed E-state index contributed by atoms with van der Waals surface area (Å²) >= 11 is 7.73. The largest absolute Gasteiger partial charge is 0.338 e. The van der Waals surface area contributed by atoms with Crippen LogP contribution in [0.3, 0.4) is 0 Å². The Hall–Kier alpha value is -0.780. The molecule has 4 nitrogen and oxygen atoms in total. The van der Waals surface area contributed by atoms with E-state index in [9.17, 15) is 4.79 Å². The Morgan fingerprint density at radius 2 is 2.00 bits per heavy atom. The van der Waals surface area contributed by atoms with E-state index in [1.54, 1.807) is 11.3 Å². The number of amides is 2. The van der Waals surface area contributed by atoms with E-state index in [0.717, 1.165) is 23.6 Å². The molecule has 1 fully saturated rings. The minimum absolute atomic E-state index is 0.0445. The topological polar surface area (TPSA) is 44.4 Å². The van der Waals surface area contributed by atoms with Gasteiger partial charge in [-0.2, -0.15) is 0 Å². The number of hydrogen-bond acceptors (Lipinski definition) is 3. The predicted molar refractivity (Wildman–Crippen MR) is 79.9 cm³/mol. The second kappa shape index (κ2) is 6.11. The number of nitrogens with one attached hydrogen (secondary N) is 2. The van der Waals surface area contributed by atoms with Crippen LogP contribution in [0.1, 0.15) is 24.1 Å². The van der Waals surface area contributed by atoms with E-state index in [4.69, 9.17) is 11.6 Å². The summed E-state index contributed by atoms with van der Waals surface area (Å²) in [6.07, 6.45) is 2.87. The highest BCUT2D eigenvalue weighted by molar-refractivity contribution is 7.16. The van der Waals surface area contributed by atoms with Crippen molar-refractivity contribution in [3.63, 3.8) is 0 Å². The SMILES string of the molecule is CN(C)[C@@]1(c2ccc(Cl)s2)CCCNC(=O)NCC1. The van der Waals surface area contributed by atoms with Gasteiger partial charge < -0.3 is 10.6 Å². The van der Waals surface area contributed by atoms with Crippen LogP contribution in [0.5, 0.6) is 0 Å². The Labute approximate surface area is 123 Å². The fourth-order valence-electron chi connectivity index (χ4n) is 2.63. The Balaban J connectivity index is 2.28.